The monoisotopic (exact) mass is 480 g/mol. The van der Waals surface area contributed by atoms with Crippen LogP contribution in [-0.4, -0.2) is 32.6 Å². The molecule has 8 heteroatoms. The average Bonchev–Trinajstić information content (AvgIpc) is 3.56. The highest BCUT2D eigenvalue weighted by atomic mass is 16.5. The number of nitrogens with zero attached hydrogens (tertiary/aromatic N) is 3. The van der Waals surface area contributed by atoms with Crippen molar-refractivity contribution < 1.29 is 9.53 Å². The van der Waals surface area contributed by atoms with Crippen molar-refractivity contribution in [2.75, 3.05) is 6.54 Å². The molecule has 2 aliphatic carbocycles. The number of carbonyl (C=O) groups excluding carboxylic acids is 1. The largest absolute Gasteiger partial charge is 0.441 e. The number of nitriles is 1. The summed E-state index contributed by atoms with van der Waals surface area (Å²) in [5, 5.41) is 12.2. The third-order valence-electron chi connectivity index (χ3n) is 6.79. The second-order valence-corrected chi connectivity index (χ2v) is 9.27. The van der Waals surface area contributed by atoms with Gasteiger partial charge in [0.05, 0.1) is 17.8 Å². The fourth-order valence-electron chi connectivity index (χ4n) is 4.92. The fraction of sp³-hybridized carbons (Fsp3) is 0.630. The van der Waals surface area contributed by atoms with E-state index in [0.717, 1.165) is 34.4 Å². The molecule has 35 heavy (non-hydrogen) atoms. The SMILES string of the molecule is CC.N#CCC1CCCCC1.O=C(NCC1CCCCC1)OCc1nc2c(cnc3[nH]ccc32)[nH]1. The number of pyridine rings is 1. The van der Waals surface area contributed by atoms with Crippen molar-refractivity contribution in [2.24, 2.45) is 11.8 Å². The maximum absolute atomic E-state index is 11.9. The Hall–Kier alpha value is -3.08. The number of nitrogens with one attached hydrogen (secondary N) is 3. The summed E-state index contributed by atoms with van der Waals surface area (Å²) < 4.78 is 5.27. The van der Waals surface area contributed by atoms with Crippen LogP contribution in [-0.2, 0) is 11.3 Å². The Morgan fingerprint density at radius 1 is 1.11 bits per heavy atom. The zero-order valence-electron chi connectivity index (χ0n) is 21.2. The van der Waals surface area contributed by atoms with Crippen LogP contribution < -0.4 is 5.32 Å². The molecule has 0 aliphatic heterocycles. The molecular weight excluding hydrogens is 440 g/mol. The molecular formula is C27H40N6O2. The summed E-state index contributed by atoms with van der Waals surface area (Å²) in [6.45, 7) is 4.82. The molecule has 0 radical (unpaired) electrons. The van der Waals surface area contributed by atoms with E-state index in [4.69, 9.17) is 10.00 Å². The number of rotatable bonds is 5. The molecule has 1 amide bonds. The number of H-pyrrole nitrogens is 2. The summed E-state index contributed by atoms with van der Waals surface area (Å²) in [5.74, 6) is 1.95. The normalized spacial score (nSPS) is 16.5. The van der Waals surface area contributed by atoms with Crippen molar-refractivity contribution in [3.8, 4) is 6.07 Å². The van der Waals surface area contributed by atoms with E-state index in [0.29, 0.717) is 18.3 Å². The Morgan fingerprint density at radius 3 is 2.49 bits per heavy atom. The van der Waals surface area contributed by atoms with Gasteiger partial charge in [-0.25, -0.2) is 14.8 Å². The molecule has 3 aromatic rings. The van der Waals surface area contributed by atoms with Gasteiger partial charge in [0.15, 0.2) is 6.61 Å². The Morgan fingerprint density at radius 2 is 1.80 bits per heavy atom. The van der Waals surface area contributed by atoms with Gasteiger partial charge in [-0.15, -0.1) is 0 Å². The highest BCUT2D eigenvalue weighted by molar-refractivity contribution is 6.00. The molecule has 0 atom stereocenters. The van der Waals surface area contributed by atoms with Gasteiger partial charge in [-0.05, 0) is 43.6 Å². The smallest absolute Gasteiger partial charge is 0.407 e. The number of fused-ring (bicyclic) bond motifs is 3. The number of ether oxygens (including phenoxy) is 1. The number of aromatic amines is 2. The van der Waals surface area contributed by atoms with E-state index < -0.39 is 0 Å². The van der Waals surface area contributed by atoms with E-state index in [1.165, 1.54) is 64.2 Å². The molecule has 3 heterocycles. The number of imidazole rings is 1. The van der Waals surface area contributed by atoms with Gasteiger partial charge >= 0.3 is 6.09 Å². The van der Waals surface area contributed by atoms with E-state index >= 15 is 0 Å². The van der Waals surface area contributed by atoms with E-state index in [-0.39, 0.29) is 12.7 Å². The first-order chi connectivity index (χ1) is 17.2. The van der Waals surface area contributed by atoms with E-state index in [1.54, 1.807) is 6.20 Å². The third-order valence-corrected chi connectivity index (χ3v) is 6.79. The van der Waals surface area contributed by atoms with Crippen LogP contribution in [0.25, 0.3) is 22.1 Å². The molecule has 2 saturated carbocycles. The Labute approximate surface area is 208 Å². The second kappa shape index (κ2) is 14.3. The summed E-state index contributed by atoms with van der Waals surface area (Å²) in [4.78, 5) is 26.9. The Bertz CT molecular complexity index is 1070. The first kappa shape index (κ1) is 26.5. The van der Waals surface area contributed by atoms with Crippen molar-refractivity contribution in [3.05, 3.63) is 24.3 Å². The molecule has 8 nitrogen and oxygen atoms in total. The van der Waals surface area contributed by atoms with E-state index in [9.17, 15) is 4.79 Å². The fourth-order valence-corrected chi connectivity index (χ4v) is 4.92. The minimum atomic E-state index is -0.383. The maximum atomic E-state index is 11.9. The predicted octanol–water partition coefficient (Wildman–Crippen LogP) is 6.75. The topological polar surface area (TPSA) is 119 Å². The predicted molar refractivity (Wildman–Crippen MR) is 139 cm³/mol. The molecule has 0 spiro atoms. The lowest BCUT2D eigenvalue weighted by Gasteiger charge is -2.21. The lowest BCUT2D eigenvalue weighted by molar-refractivity contribution is 0.134. The molecule has 0 aromatic carbocycles. The van der Waals surface area contributed by atoms with Gasteiger partial charge in [0.25, 0.3) is 0 Å². The highest BCUT2D eigenvalue weighted by Crippen LogP contribution is 2.25. The summed E-state index contributed by atoms with van der Waals surface area (Å²) >= 11 is 0. The van der Waals surface area contributed by atoms with Crippen molar-refractivity contribution in [3.63, 3.8) is 0 Å². The number of amides is 1. The van der Waals surface area contributed by atoms with Gasteiger partial charge in [0.1, 0.15) is 17.0 Å². The third kappa shape index (κ3) is 7.98. The zero-order chi connectivity index (χ0) is 24.9. The van der Waals surface area contributed by atoms with Gasteiger partial charge in [-0.2, -0.15) is 5.26 Å². The van der Waals surface area contributed by atoms with Crippen LogP contribution in [0.3, 0.4) is 0 Å². The molecule has 0 bridgehead atoms. The average molecular weight is 481 g/mol. The molecule has 3 N–H and O–H groups in total. The van der Waals surface area contributed by atoms with Crippen LogP contribution in [0, 0.1) is 23.2 Å². The Kier molecular flexibility index (Phi) is 10.9. The first-order valence-corrected chi connectivity index (χ1v) is 13.3. The van der Waals surface area contributed by atoms with E-state index in [2.05, 4.69) is 31.3 Å². The standard InChI is InChI=1S/C17H21N5O2.C8H13N.C2H6/c23-17(20-8-11-4-2-1-3-5-11)24-10-14-21-13-9-19-16-12(6-7-18-16)15(13)22-14;9-7-6-8-4-2-1-3-5-8;1-2/h6-7,9,11H,1-5,8,10H2,(H,18,19)(H,20,23)(H,21,22);8H,1-6H2;1-2H3. The molecule has 5 rings (SSSR count). The molecule has 0 unspecified atom stereocenters. The van der Waals surface area contributed by atoms with Crippen molar-refractivity contribution in [2.45, 2.75) is 91.1 Å². The van der Waals surface area contributed by atoms with Gasteiger partial charge < -0.3 is 20.0 Å². The van der Waals surface area contributed by atoms with E-state index in [1.807, 2.05) is 26.1 Å². The van der Waals surface area contributed by atoms with Gasteiger partial charge in [0.2, 0.25) is 0 Å². The summed E-state index contributed by atoms with van der Waals surface area (Å²) in [5.41, 5.74) is 2.47. The maximum Gasteiger partial charge on any atom is 0.407 e. The second-order valence-electron chi connectivity index (χ2n) is 9.27. The minimum absolute atomic E-state index is 0.122. The molecule has 2 fully saturated rings. The van der Waals surface area contributed by atoms with Crippen LogP contribution in [0.4, 0.5) is 4.79 Å². The molecule has 0 saturated heterocycles. The summed E-state index contributed by atoms with van der Waals surface area (Å²) in [7, 11) is 0. The molecule has 190 valence electrons. The number of carbonyl (C=O) groups is 1. The lowest BCUT2D eigenvalue weighted by atomic mass is 9.87. The summed E-state index contributed by atoms with van der Waals surface area (Å²) in [6.07, 6.45) is 16.9. The first-order valence-electron chi connectivity index (χ1n) is 13.3. The van der Waals surface area contributed by atoms with Crippen LogP contribution in [0.5, 0.6) is 0 Å². The van der Waals surface area contributed by atoms with Crippen LogP contribution in [0.1, 0.15) is 90.3 Å². The molecule has 3 aromatic heterocycles. The van der Waals surface area contributed by atoms with Crippen LogP contribution in [0.15, 0.2) is 18.5 Å². The van der Waals surface area contributed by atoms with Crippen molar-refractivity contribution in [1.29, 1.82) is 5.26 Å². The molecule has 2 aliphatic rings. The lowest BCUT2D eigenvalue weighted by Crippen LogP contribution is -2.30. The van der Waals surface area contributed by atoms with Gasteiger partial charge in [-0.3, -0.25) is 0 Å². The number of aromatic nitrogens is 4. The van der Waals surface area contributed by atoms with Crippen molar-refractivity contribution >= 4 is 28.2 Å². The number of hydrogen-bond donors (Lipinski definition) is 3. The summed E-state index contributed by atoms with van der Waals surface area (Å²) in [6, 6.07) is 4.17. The zero-order valence-corrected chi connectivity index (χ0v) is 21.2. The number of alkyl carbamates (subject to hydrolysis) is 1. The van der Waals surface area contributed by atoms with Crippen LogP contribution in [0.2, 0.25) is 0 Å². The van der Waals surface area contributed by atoms with Gasteiger partial charge in [0, 0.05) is 24.5 Å². The van der Waals surface area contributed by atoms with Gasteiger partial charge in [-0.1, -0.05) is 52.4 Å². The van der Waals surface area contributed by atoms with Crippen molar-refractivity contribution in [1.82, 2.24) is 25.3 Å². The number of hydrogen-bond acceptors (Lipinski definition) is 5. The highest BCUT2D eigenvalue weighted by Gasteiger charge is 2.15. The Balaban J connectivity index is 0.000000262. The van der Waals surface area contributed by atoms with Crippen LogP contribution >= 0.6 is 0 Å². The quantitative estimate of drug-likeness (QED) is 0.373. The minimum Gasteiger partial charge on any atom is -0.441 e.